The molecule has 1 aliphatic heterocycles. The van der Waals surface area contributed by atoms with E-state index in [2.05, 4.69) is 16.0 Å². The van der Waals surface area contributed by atoms with E-state index in [1.54, 1.807) is 6.92 Å². The van der Waals surface area contributed by atoms with Crippen LogP contribution in [-0.4, -0.2) is 22.5 Å². The maximum Gasteiger partial charge on any atom is 0.221 e. The maximum atomic E-state index is 11.2. The second kappa shape index (κ2) is 6.38. The summed E-state index contributed by atoms with van der Waals surface area (Å²) in [5.74, 6) is 0.571. The van der Waals surface area contributed by atoms with Gasteiger partial charge in [0.1, 0.15) is 5.82 Å². The molecule has 120 valence electrons. The second-order valence-electron chi connectivity index (χ2n) is 5.97. The first-order valence-electron chi connectivity index (χ1n) is 7.82. The number of anilines is 1. The Hall–Kier alpha value is -2.40. The first-order chi connectivity index (χ1) is 11.0. The van der Waals surface area contributed by atoms with Crippen molar-refractivity contribution < 1.29 is 9.90 Å². The van der Waals surface area contributed by atoms with Gasteiger partial charge in [-0.05, 0) is 42.2 Å². The number of pyridine rings is 1. The quantitative estimate of drug-likeness (QED) is 0.901. The van der Waals surface area contributed by atoms with E-state index in [4.69, 9.17) is 5.73 Å². The fraction of sp³-hybridized carbons (Fsp3) is 0.333. The molecule has 0 aliphatic carbocycles. The van der Waals surface area contributed by atoms with Crippen LogP contribution in [0.15, 0.2) is 36.4 Å². The number of aliphatic hydroxyl groups is 1. The molecule has 1 atom stereocenters. The van der Waals surface area contributed by atoms with Crippen LogP contribution in [-0.2, 0) is 24.2 Å². The predicted octanol–water partition coefficient (Wildman–Crippen LogP) is 1.73. The van der Waals surface area contributed by atoms with Crippen molar-refractivity contribution >= 4 is 11.7 Å². The fourth-order valence-corrected chi connectivity index (χ4v) is 3.09. The molecule has 3 rings (SSSR count). The van der Waals surface area contributed by atoms with Crippen molar-refractivity contribution in [2.24, 2.45) is 5.73 Å². The number of nitrogens with two attached hydrogens (primary N) is 1. The highest BCUT2D eigenvalue weighted by Gasteiger charge is 2.20. The van der Waals surface area contributed by atoms with Gasteiger partial charge in [-0.3, -0.25) is 4.79 Å². The zero-order chi connectivity index (χ0) is 16.4. The van der Waals surface area contributed by atoms with Gasteiger partial charge >= 0.3 is 0 Å². The number of hydrogen-bond donors (Lipinski definition) is 2. The summed E-state index contributed by atoms with van der Waals surface area (Å²) < 4.78 is 0. The number of rotatable bonds is 4. The zero-order valence-corrected chi connectivity index (χ0v) is 13.2. The number of benzene rings is 1. The molecule has 23 heavy (non-hydrogen) atoms. The van der Waals surface area contributed by atoms with Crippen LogP contribution in [0.25, 0.3) is 0 Å². The lowest BCUT2D eigenvalue weighted by Crippen LogP contribution is -2.32. The molecule has 5 nitrogen and oxygen atoms in total. The van der Waals surface area contributed by atoms with Gasteiger partial charge in [-0.25, -0.2) is 4.98 Å². The van der Waals surface area contributed by atoms with E-state index in [9.17, 15) is 9.90 Å². The number of fused-ring (bicyclic) bond motifs is 1. The highest BCUT2D eigenvalue weighted by atomic mass is 16.3. The number of aliphatic hydroxyl groups excluding tert-OH is 1. The minimum absolute atomic E-state index is 0.291. The summed E-state index contributed by atoms with van der Waals surface area (Å²) in [6.07, 6.45) is 0.576. The molecular weight excluding hydrogens is 290 g/mol. The van der Waals surface area contributed by atoms with E-state index in [0.29, 0.717) is 12.1 Å². The molecular formula is C18H21N3O2. The molecule has 0 spiro atoms. The van der Waals surface area contributed by atoms with Gasteiger partial charge < -0.3 is 15.7 Å². The van der Waals surface area contributed by atoms with Crippen molar-refractivity contribution in [2.75, 3.05) is 11.4 Å². The number of carbonyl (C=O) groups excluding carboxylic acids is 1. The van der Waals surface area contributed by atoms with Gasteiger partial charge in [0.2, 0.25) is 5.91 Å². The molecule has 5 heteroatoms. The van der Waals surface area contributed by atoms with Crippen LogP contribution in [0.3, 0.4) is 0 Å². The molecule has 3 N–H and O–H groups in total. The summed E-state index contributed by atoms with van der Waals surface area (Å²) in [5.41, 5.74) is 9.48. The third-order valence-electron chi connectivity index (χ3n) is 4.24. The van der Waals surface area contributed by atoms with Crippen molar-refractivity contribution in [3.05, 3.63) is 58.8 Å². The van der Waals surface area contributed by atoms with Crippen LogP contribution in [0.5, 0.6) is 0 Å². The molecule has 2 heterocycles. The van der Waals surface area contributed by atoms with E-state index >= 15 is 0 Å². The van der Waals surface area contributed by atoms with Crippen LogP contribution in [0.4, 0.5) is 5.82 Å². The standard InChI is InChI=1S/C18H21N3O2/c1-12(22)16-6-3-7-18(20-16)21-9-8-15-13(10-17(19)23)4-2-5-14(15)11-21/h2-7,12,22H,8-11H2,1H3,(H2,19,23). The topological polar surface area (TPSA) is 79.5 Å². The summed E-state index contributed by atoms with van der Waals surface area (Å²) in [6, 6.07) is 11.8. The predicted molar refractivity (Wildman–Crippen MR) is 89.0 cm³/mol. The molecule has 0 bridgehead atoms. The summed E-state index contributed by atoms with van der Waals surface area (Å²) in [7, 11) is 0. The van der Waals surface area contributed by atoms with Gasteiger partial charge in [0.25, 0.3) is 0 Å². The van der Waals surface area contributed by atoms with Crippen molar-refractivity contribution in [1.29, 1.82) is 0 Å². The smallest absolute Gasteiger partial charge is 0.221 e. The molecule has 0 radical (unpaired) electrons. The molecule has 2 aromatic rings. The molecule has 0 saturated carbocycles. The first kappa shape index (κ1) is 15.5. The minimum atomic E-state index is -0.575. The van der Waals surface area contributed by atoms with E-state index in [1.807, 2.05) is 30.3 Å². The number of carbonyl (C=O) groups is 1. The third kappa shape index (κ3) is 3.35. The van der Waals surface area contributed by atoms with Crippen LogP contribution in [0, 0.1) is 0 Å². The van der Waals surface area contributed by atoms with Crippen molar-refractivity contribution in [2.45, 2.75) is 32.4 Å². The number of primary amides is 1. The first-order valence-corrected chi connectivity index (χ1v) is 7.82. The average Bonchev–Trinajstić information content (AvgIpc) is 2.54. The Morgan fingerprint density at radius 3 is 2.87 bits per heavy atom. The van der Waals surface area contributed by atoms with Crippen LogP contribution in [0.1, 0.15) is 35.4 Å². The molecule has 1 aromatic carbocycles. The van der Waals surface area contributed by atoms with Crippen LogP contribution >= 0.6 is 0 Å². The number of aromatic nitrogens is 1. The fourth-order valence-electron chi connectivity index (χ4n) is 3.09. The average molecular weight is 311 g/mol. The SMILES string of the molecule is CC(O)c1cccc(N2CCc3c(CC(N)=O)cccc3C2)n1. The number of hydrogen-bond acceptors (Lipinski definition) is 4. The van der Waals surface area contributed by atoms with E-state index in [0.717, 1.165) is 30.9 Å². The maximum absolute atomic E-state index is 11.2. The monoisotopic (exact) mass is 311 g/mol. The number of nitrogens with zero attached hydrogens (tertiary/aromatic N) is 2. The van der Waals surface area contributed by atoms with Crippen LogP contribution in [0.2, 0.25) is 0 Å². The highest BCUT2D eigenvalue weighted by molar-refractivity contribution is 5.77. The third-order valence-corrected chi connectivity index (χ3v) is 4.24. The lowest BCUT2D eigenvalue weighted by molar-refractivity contribution is -0.117. The Morgan fingerprint density at radius 1 is 1.35 bits per heavy atom. The van der Waals surface area contributed by atoms with Gasteiger partial charge in [-0.1, -0.05) is 24.3 Å². The largest absolute Gasteiger partial charge is 0.387 e. The summed E-state index contributed by atoms with van der Waals surface area (Å²) in [5, 5.41) is 9.70. The lowest BCUT2D eigenvalue weighted by atomic mass is 9.93. The Kier molecular flexibility index (Phi) is 4.30. The summed E-state index contributed by atoms with van der Waals surface area (Å²) in [4.78, 5) is 18.0. The molecule has 1 aliphatic rings. The molecule has 1 aromatic heterocycles. The van der Waals surface area contributed by atoms with E-state index in [-0.39, 0.29) is 5.91 Å². The van der Waals surface area contributed by atoms with Crippen molar-refractivity contribution in [3.8, 4) is 0 Å². The lowest BCUT2D eigenvalue weighted by Gasteiger charge is -2.31. The minimum Gasteiger partial charge on any atom is -0.387 e. The van der Waals surface area contributed by atoms with Crippen molar-refractivity contribution in [3.63, 3.8) is 0 Å². The van der Waals surface area contributed by atoms with Gasteiger partial charge in [-0.2, -0.15) is 0 Å². The van der Waals surface area contributed by atoms with Gasteiger partial charge in [0.05, 0.1) is 18.2 Å². The Morgan fingerprint density at radius 2 is 2.13 bits per heavy atom. The van der Waals surface area contributed by atoms with E-state index < -0.39 is 6.10 Å². The Bertz CT molecular complexity index is 728. The van der Waals surface area contributed by atoms with Gasteiger partial charge in [-0.15, -0.1) is 0 Å². The molecule has 0 fully saturated rings. The molecule has 0 saturated heterocycles. The van der Waals surface area contributed by atoms with E-state index in [1.165, 1.54) is 11.1 Å². The zero-order valence-electron chi connectivity index (χ0n) is 13.2. The Balaban J connectivity index is 1.86. The number of amides is 1. The molecule has 1 amide bonds. The van der Waals surface area contributed by atoms with Gasteiger partial charge in [0, 0.05) is 13.1 Å². The Labute approximate surface area is 135 Å². The molecule has 1 unspecified atom stereocenters. The normalized spacial score (nSPS) is 15.1. The highest BCUT2D eigenvalue weighted by Crippen LogP contribution is 2.26. The summed E-state index contributed by atoms with van der Waals surface area (Å²) >= 11 is 0. The van der Waals surface area contributed by atoms with Crippen LogP contribution < -0.4 is 10.6 Å². The van der Waals surface area contributed by atoms with Crippen molar-refractivity contribution in [1.82, 2.24) is 4.98 Å². The van der Waals surface area contributed by atoms with Gasteiger partial charge in [0.15, 0.2) is 0 Å². The summed E-state index contributed by atoms with van der Waals surface area (Å²) in [6.45, 7) is 3.30. The second-order valence-corrected chi connectivity index (χ2v) is 5.97.